The molecular formula is C16H17N5O. The van der Waals surface area contributed by atoms with E-state index in [2.05, 4.69) is 15.6 Å². The van der Waals surface area contributed by atoms with Crippen molar-refractivity contribution in [2.45, 2.75) is 31.7 Å². The number of hydrogen-bond donors (Lipinski definition) is 2. The molecule has 1 aliphatic carbocycles. The third-order valence-corrected chi connectivity index (χ3v) is 4.19. The fourth-order valence-electron chi connectivity index (χ4n) is 3.08. The molecule has 6 nitrogen and oxygen atoms in total. The Bertz CT molecular complexity index is 716. The smallest absolute Gasteiger partial charge is 0.222 e. The minimum Gasteiger partial charge on any atom is -0.365 e. The van der Waals surface area contributed by atoms with E-state index in [1.807, 2.05) is 12.1 Å². The van der Waals surface area contributed by atoms with Crippen LogP contribution in [0.5, 0.6) is 0 Å². The van der Waals surface area contributed by atoms with E-state index in [1.165, 1.54) is 5.56 Å². The summed E-state index contributed by atoms with van der Waals surface area (Å²) in [7, 11) is 0. The van der Waals surface area contributed by atoms with Crippen LogP contribution in [0.4, 0.5) is 5.82 Å². The Balaban J connectivity index is 1.70. The van der Waals surface area contributed by atoms with Gasteiger partial charge in [0.25, 0.3) is 0 Å². The Labute approximate surface area is 128 Å². The molecule has 1 saturated heterocycles. The van der Waals surface area contributed by atoms with Crippen LogP contribution in [0, 0.1) is 0 Å². The Morgan fingerprint density at radius 2 is 2.05 bits per heavy atom. The van der Waals surface area contributed by atoms with Crippen LogP contribution >= 0.6 is 0 Å². The molecule has 0 spiro atoms. The molecule has 1 amide bonds. The van der Waals surface area contributed by atoms with Gasteiger partial charge in [0.15, 0.2) is 5.82 Å². The molecule has 2 aliphatic rings. The molecule has 1 fully saturated rings. The van der Waals surface area contributed by atoms with Crippen molar-refractivity contribution in [2.24, 2.45) is 0 Å². The monoisotopic (exact) mass is 295 g/mol. The summed E-state index contributed by atoms with van der Waals surface area (Å²) in [5, 5.41) is 6.28. The quantitative estimate of drug-likeness (QED) is 0.893. The van der Waals surface area contributed by atoms with Crippen LogP contribution in [0.25, 0.3) is 11.4 Å². The van der Waals surface area contributed by atoms with Gasteiger partial charge in [0.2, 0.25) is 5.91 Å². The highest BCUT2D eigenvalue weighted by Crippen LogP contribution is 2.29. The maximum Gasteiger partial charge on any atom is 0.222 e. The van der Waals surface area contributed by atoms with Gasteiger partial charge in [0.1, 0.15) is 5.82 Å². The summed E-state index contributed by atoms with van der Waals surface area (Å²) in [6.07, 6.45) is 7.11. The molecule has 1 atom stereocenters. The summed E-state index contributed by atoms with van der Waals surface area (Å²) in [6, 6.07) is 3.94. The lowest BCUT2D eigenvalue weighted by molar-refractivity contribution is -0.119. The highest BCUT2D eigenvalue weighted by molar-refractivity contribution is 5.79. The molecule has 4 rings (SSSR count). The highest BCUT2D eigenvalue weighted by Gasteiger charge is 2.25. The van der Waals surface area contributed by atoms with Crippen molar-refractivity contribution in [3.63, 3.8) is 0 Å². The van der Waals surface area contributed by atoms with Gasteiger partial charge in [-0.1, -0.05) is 0 Å². The molecule has 2 aromatic heterocycles. The first-order valence-corrected chi connectivity index (χ1v) is 7.63. The normalized spacial score (nSPS) is 19.8. The predicted molar refractivity (Wildman–Crippen MR) is 82.3 cm³/mol. The molecular weight excluding hydrogens is 278 g/mol. The first-order chi connectivity index (χ1) is 10.8. The molecule has 22 heavy (non-hydrogen) atoms. The number of pyridine rings is 1. The maximum absolute atomic E-state index is 11.4. The van der Waals surface area contributed by atoms with Gasteiger partial charge in [-0.05, 0) is 31.4 Å². The molecule has 3 heterocycles. The molecule has 6 heteroatoms. The van der Waals surface area contributed by atoms with Gasteiger partial charge >= 0.3 is 0 Å². The van der Waals surface area contributed by atoms with Crippen LogP contribution in [0.2, 0.25) is 0 Å². The first-order valence-electron chi connectivity index (χ1n) is 7.63. The van der Waals surface area contributed by atoms with Crippen molar-refractivity contribution in [2.75, 3.05) is 11.9 Å². The Morgan fingerprint density at radius 1 is 1.18 bits per heavy atom. The molecule has 0 radical (unpaired) electrons. The van der Waals surface area contributed by atoms with E-state index in [0.717, 1.165) is 42.2 Å². The second-order valence-corrected chi connectivity index (χ2v) is 5.76. The Kier molecular flexibility index (Phi) is 3.21. The van der Waals surface area contributed by atoms with E-state index in [1.54, 1.807) is 12.4 Å². The molecule has 0 bridgehead atoms. The number of anilines is 1. The summed E-state index contributed by atoms with van der Waals surface area (Å²) in [5.41, 5.74) is 3.30. The number of rotatable bonds is 3. The number of aryl methyl sites for hydroxylation is 1. The number of hydrogen-bond acceptors (Lipinski definition) is 5. The van der Waals surface area contributed by atoms with Gasteiger partial charge in [-0.2, -0.15) is 0 Å². The Morgan fingerprint density at radius 3 is 2.82 bits per heavy atom. The Hall–Kier alpha value is -2.50. The van der Waals surface area contributed by atoms with Crippen molar-refractivity contribution >= 4 is 11.7 Å². The maximum atomic E-state index is 11.4. The summed E-state index contributed by atoms with van der Waals surface area (Å²) in [5.74, 6) is 1.70. The lowest BCUT2D eigenvalue weighted by atomic mass is 10.2. The van der Waals surface area contributed by atoms with Gasteiger partial charge in [0.05, 0.1) is 6.04 Å². The molecule has 1 aliphatic heterocycles. The van der Waals surface area contributed by atoms with Crippen LogP contribution in [0.3, 0.4) is 0 Å². The van der Waals surface area contributed by atoms with Gasteiger partial charge < -0.3 is 10.6 Å². The number of amides is 1. The second-order valence-electron chi connectivity index (χ2n) is 5.76. The summed E-state index contributed by atoms with van der Waals surface area (Å²) in [4.78, 5) is 24.8. The van der Waals surface area contributed by atoms with Crippen molar-refractivity contribution in [1.29, 1.82) is 0 Å². The van der Waals surface area contributed by atoms with E-state index in [0.29, 0.717) is 13.0 Å². The number of carbonyl (C=O) groups is 1. The molecule has 2 N–H and O–H groups in total. The van der Waals surface area contributed by atoms with E-state index < -0.39 is 0 Å². The summed E-state index contributed by atoms with van der Waals surface area (Å²) < 4.78 is 0. The zero-order valence-corrected chi connectivity index (χ0v) is 12.2. The molecule has 1 unspecified atom stereocenters. The third-order valence-electron chi connectivity index (χ3n) is 4.19. The minimum atomic E-state index is 0.0950. The van der Waals surface area contributed by atoms with Crippen molar-refractivity contribution in [1.82, 2.24) is 20.3 Å². The number of carbonyl (C=O) groups excluding carboxylic acids is 1. The number of nitrogens with one attached hydrogen (secondary N) is 2. The minimum absolute atomic E-state index is 0.0950. The van der Waals surface area contributed by atoms with Crippen LogP contribution < -0.4 is 10.6 Å². The zero-order chi connectivity index (χ0) is 14.9. The van der Waals surface area contributed by atoms with Crippen LogP contribution in [-0.4, -0.2) is 33.4 Å². The number of aromatic nitrogens is 3. The van der Waals surface area contributed by atoms with Gasteiger partial charge in [0, 0.05) is 42.2 Å². The number of nitrogens with zero attached hydrogens (tertiary/aromatic N) is 3. The lowest BCUT2D eigenvalue weighted by Crippen LogP contribution is -2.24. The zero-order valence-electron chi connectivity index (χ0n) is 12.2. The van der Waals surface area contributed by atoms with Gasteiger partial charge in [-0.3, -0.25) is 9.78 Å². The molecule has 112 valence electrons. The molecule has 2 aromatic rings. The van der Waals surface area contributed by atoms with Gasteiger partial charge in [-0.25, -0.2) is 9.97 Å². The van der Waals surface area contributed by atoms with Crippen molar-refractivity contribution < 1.29 is 4.79 Å². The van der Waals surface area contributed by atoms with E-state index >= 15 is 0 Å². The molecule has 0 saturated carbocycles. The fourth-order valence-corrected chi connectivity index (χ4v) is 3.08. The van der Waals surface area contributed by atoms with Crippen LogP contribution in [0.15, 0.2) is 24.5 Å². The lowest BCUT2D eigenvalue weighted by Gasteiger charge is -2.15. The topological polar surface area (TPSA) is 79.8 Å². The van der Waals surface area contributed by atoms with E-state index in [-0.39, 0.29) is 11.9 Å². The van der Waals surface area contributed by atoms with E-state index in [9.17, 15) is 4.79 Å². The SMILES string of the molecule is O=C1CC(Nc2nc(-c3ccncc3)nc3c2CCC3)CN1. The highest BCUT2D eigenvalue weighted by atomic mass is 16.1. The van der Waals surface area contributed by atoms with Gasteiger partial charge in [-0.15, -0.1) is 0 Å². The molecule has 0 aromatic carbocycles. The fraction of sp³-hybridized carbons (Fsp3) is 0.375. The predicted octanol–water partition coefficient (Wildman–Crippen LogP) is 1.33. The summed E-state index contributed by atoms with van der Waals surface area (Å²) >= 11 is 0. The third kappa shape index (κ3) is 2.41. The van der Waals surface area contributed by atoms with Crippen molar-refractivity contribution in [3.8, 4) is 11.4 Å². The average molecular weight is 295 g/mol. The van der Waals surface area contributed by atoms with Crippen LogP contribution in [0.1, 0.15) is 24.1 Å². The van der Waals surface area contributed by atoms with E-state index in [4.69, 9.17) is 9.97 Å². The summed E-state index contributed by atoms with van der Waals surface area (Å²) in [6.45, 7) is 0.655. The van der Waals surface area contributed by atoms with Crippen molar-refractivity contribution in [3.05, 3.63) is 35.8 Å². The second kappa shape index (κ2) is 5.36. The largest absolute Gasteiger partial charge is 0.365 e. The average Bonchev–Trinajstić information content (AvgIpc) is 3.17. The number of fused-ring (bicyclic) bond motifs is 1. The first kappa shape index (κ1) is 13.2. The van der Waals surface area contributed by atoms with Crippen LogP contribution in [-0.2, 0) is 17.6 Å². The standard InChI is InChI=1S/C16H17N5O/c22-14-8-11(9-18-14)19-16-12-2-1-3-13(12)20-15(21-16)10-4-6-17-7-5-10/h4-7,11H,1-3,8-9H2,(H,18,22)(H,19,20,21).